The second kappa shape index (κ2) is 10.1. The molecule has 0 fully saturated rings. The maximum absolute atomic E-state index is 12.1. The first kappa shape index (κ1) is 24.3. The van der Waals surface area contributed by atoms with Gasteiger partial charge in [0.15, 0.2) is 0 Å². The summed E-state index contributed by atoms with van der Waals surface area (Å²) in [6, 6.07) is 14.1. The number of benzene rings is 2. The predicted molar refractivity (Wildman–Crippen MR) is 135 cm³/mol. The lowest BCUT2D eigenvalue weighted by molar-refractivity contribution is 0.0697. The van der Waals surface area contributed by atoms with Crippen LogP contribution >= 0.6 is 23.3 Å². The summed E-state index contributed by atoms with van der Waals surface area (Å²) in [6.07, 6.45) is 0. The lowest BCUT2D eigenvalue weighted by atomic mass is 9.86. The number of carbonyl (C=O) groups is 2. The molecule has 0 saturated carbocycles. The Morgan fingerprint density at radius 1 is 1.09 bits per heavy atom. The summed E-state index contributed by atoms with van der Waals surface area (Å²) in [5.74, 6) is -0.927. The molecule has 0 aliphatic rings. The van der Waals surface area contributed by atoms with Gasteiger partial charge in [0.05, 0.1) is 33.7 Å². The molecule has 33 heavy (non-hydrogen) atoms. The van der Waals surface area contributed by atoms with E-state index in [1.54, 1.807) is 19.1 Å². The summed E-state index contributed by atoms with van der Waals surface area (Å²) in [5.41, 5.74) is 3.75. The summed E-state index contributed by atoms with van der Waals surface area (Å²) >= 11 is 2.13. The van der Waals surface area contributed by atoms with Gasteiger partial charge in [-0.2, -0.15) is 5.10 Å². The third kappa shape index (κ3) is 6.15. The number of rotatable bonds is 6. The number of hydrogen-bond donors (Lipinski definition) is 4. The van der Waals surface area contributed by atoms with E-state index in [-0.39, 0.29) is 16.7 Å². The van der Waals surface area contributed by atoms with Crippen LogP contribution in [-0.2, 0) is 5.41 Å². The SMILES string of the molecule is C/C(=N\NSC(=O)Nc1cccc(C(=O)O)c1)c1csc(-c2ccc(C(C)(C)C)cc2)c1O. The van der Waals surface area contributed by atoms with Crippen molar-refractivity contribution in [2.75, 3.05) is 5.32 Å². The zero-order valence-corrected chi connectivity index (χ0v) is 20.3. The number of amides is 1. The fourth-order valence-corrected chi connectivity index (χ4v) is 4.45. The molecule has 1 heterocycles. The Kier molecular flexibility index (Phi) is 7.45. The van der Waals surface area contributed by atoms with Crippen molar-refractivity contribution in [3.63, 3.8) is 0 Å². The van der Waals surface area contributed by atoms with Gasteiger partial charge in [-0.1, -0.05) is 51.1 Å². The molecule has 0 aliphatic carbocycles. The number of carboxylic acids is 1. The van der Waals surface area contributed by atoms with Crippen LogP contribution in [-0.4, -0.2) is 27.1 Å². The lowest BCUT2D eigenvalue weighted by Gasteiger charge is -2.19. The Hall–Kier alpha value is -3.30. The van der Waals surface area contributed by atoms with Crippen LogP contribution in [0.1, 0.15) is 49.2 Å². The van der Waals surface area contributed by atoms with Crippen molar-refractivity contribution >= 4 is 45.9 Å². The highest BCUT2D eigenvalue weighted by molar-refractivity contribution is 8.12. The highest BCUT2D eigenvalue weighted by Gasteiger charge is 2.17. The molecular formula is C24H25N3O4S2. The van der Waals surface area contributed by atoms with Crippen LogP contribution in [0.15, 0.2) is 59.0 Å². The first-order valence-electron chi connectivity index (χ1n) is 10.1. The number of hydrogen-bond acceptors (Lipinski definition) is 7. The summed E-state index contributed by atoms with van der Waals surface area (Å²) in [5, 5.41) is 27.9. The molecule has 4 N–H and O–H groups in total. The van der Waals surface area contributed by atoms with E-state index in [4.69, 9.17) is 5.11 Å². The second-order valence-corrected chi connectivity index (χ2v) is 9.98. The molecule has 3 aromatic rings. The van der Waals surface area contributed by atoms with Crippen molar-refractivity contribution in [3.05, 3.63) is 70.6 Å². The number of aromatic carboxylic acids is 1. The minimum atomic E-state index is -1.07. The van der Waals surface area contributed by atoms with Gasteiger partial charge < -0.3 is 15.5 Å². The molecule has 1 amide bonds. The van der Waals surface area contributed by atoms with Crippen molar-refractivity contribution in [1.29, 1.82) is 0 Å². The van der Waals surface area contributed by atoms with Gasteiger partial charge in [-0.05, 0) is 41.7 Å². The first-order chi connectivity index (χ1) is 15.6. The van der Waals surface area contributed by atoms with E-state index < -0.39 is 11.2 Å². The first-order valence-corrected chi connectivity index (χ1v) is 11.8. The predicted octanol–water partition coefficient (Wildman–Crippen LogP) is 6.31. The van der Waals surface area contributed by atoms with Crippen molar-refractivity contribution < 1.29 is 19.8 Å². The van der Waals surface area contributed by atoms with Gasteiger partial charge in [-0.3, -0.25) is 4.79 Å². The molecule has 0 radical (unpaired) electrons. The van der Waals surface area contributed by atoms with E-state index in [1.165, 1.54) is 29.0 Å². The fraction of sp³-hybridized carbons (Fsp3) is 0.208. The van der Waals surface area contributed by atoms with Crippen molar-refractivity contribution in [2.24, 2.45) is 5.10 Å². The third-order valence-electron chi connectivity index (χ3n) is 4.88. The normalized spacial score (nSPS) is 11.8. The molecule has 7 nitrogen and oxygen atoms in total. The molecule has 1 aromatic heterocycles. The quantitative estimate of drug-likeness (QED) is 0.186. The van der Waals surface area contributed by atoms with Crippen molar-refractivity contribution in [1.82, 2.24) is 4.83 Å². The highest BCUT2D eigenvalue weighted by Crippen LogP contribution is 2.39. The standard InChI is InChI=1S/C24H25N3O4S2/c1-14(26-27-33-23(31)25-18-7-5-6-16(12-18)22(29)30)19-13-32-21(20(19)28)15-8-10-17(11-9-15)24(2,3)4/h5-13,27-28H,1-4H3,(H,25,31)(H,29,30)/b26-14+. The number of thiophene rings is 1. The van der Waals surface area contributed by atoms with Gasteiger partial charge >= 0.3 is 11.2 Å². The number of hydrazone groups is 1. The van der Waals surface area contributed by atoms with Crippen LogP contribution in [0, 0.1) is 0 Å². The Morgan fingerprint density at radius 3 is 2.42 bits per heavy atom. The molecule has 0 saturated heterocycles. The van der Waals surface area contributed by atoms with Crippen LogP contribution in [0.3, 0.4) is 0 Å². The second-order valence-electron chi connectivity index (χ2n) is 8.34. The number of carbonyl (C=O) groups excluding carboxylic acids is 1. The smallest absolute Gasteiger partial charge is 0.335 e. The lowest BCUT2D eigenvalue weighted by Crippen LogP contribution is -2.11. The van der Waals surface area contributed by atoms with Gasteiger partial charge in [-0.25, -0.2) is 9.63 Å². The number of carboxylic acid groups (broad SMARTS) is 1. The molecule has 0 spiro atoms. The molecule has 0 unspecified atom stereocenters. The maximum atomic E-state index is 12.1. The minimum absolute atomic E-state index is 0.0547. The van der Waals surface area contributed by atoms with E-state index in [0.717, 1.165) is 10.4 Å². The fourth-order valence-electron chi connectivity index (χ4n) is 3.00. The highest BCUT2D eigenvalue weighted by atomic mass is 32.2. The van der Waals surface area contributed by atoms with Crippen molar-refractivity contribution in [3.8, 4) is 16.2 Å². The summed E-state index contributed by atoms with van der Waals surface area (Å²) in [6.45, 7) is 8.19. The molecule has 172 valence electrons. The average Bonchev–Trinajstić information content (AvgIpc) is 3.14. The van der Waals surface area contributed by atoms with Gasteiger partial charge in [0.2, 0.25) is 0 Å². The third-order valence-corrected chi connectivity index (χ3v) is 6.36. The summed E-state index contributed by atoms with van der Waals surface area (Å²) in [7, 11) is 0. The Morgan fingerprint density at radius 2 is 1.79 bits per heavy atom. The Labute approximate surface area is 200 Å². The van der Waals surface area contributed by atoms with E-state index in [9.17, 15) is 14.7 Å². The largest absolute Gasteiger partial charge is 0.506 e. The molecule has 3 rings (SSSR count). The molecule has 0 atom stereocenters. The van der Waals surface area contributed by atoms with Crippen LogP contribution < -0.4 is 10.1 Å². The van der Waals surface area contributed by atoms with Gasteiger partial charge in [0, 0.05) is 11.1 Å². The zero-order chi connectivity index (χ0) is 24.2. The molecular weight excluding hydrogens is 458 g/mol. The van der Waals surface area contributed by atoms with Crippen molar-refractivity contribution in [2.45, 2.75) is 33.1 Å². The summed E-state index contributed by atoms with van der Waals surface area (Å²) < 4.78 is 0. The van der Waals surface area contributed by atoms with E-state index in [2.05, 4.69) is 48.2 Å². The molecule has 2 aromatic carbocycles. The van der Waals surface area contributed by atoms with E-state index >= 15 is 0 Å². The van der Waals surface area contributed by atoms with E-state index in [1.807, 2.05) is 17.5 Å². The van der Waals surface area contributed by atoms with Gasteiger partial charge in [0.1, 0.15) is 5.75 Å². The number of aromatic hydroxyl groups is 1. The van der Waals surface area contributed by atoms with Crippen LogP contribution in [0.5, 0.6) is 5.75 Å². The number of nitrogens with one attached hydrogen (secondary N) is 2. The van der Waals surface area contributed by atoms with Crippen LogP contribution in [0.25, 0.3) is 10.4 Å². The zero-order valence-electron chi connectivity index (χ0n) is 18.7. The molecule has 0 aliphatic heterocycles. The van der Waals surface area contributed by atoms with Crippen LogP contribution in [0.4, 0.5) is 10.5 Å². The number of anilines is 1. The van der Waals surface area contributed by atoms with E-state index in [0.29, 0.717) is 28.9 Å². The van der Waals surface area contributed by atoms with Gasteiger partial charge in [0.25, 0.3) is 0 Å². The van der Waals surface area contributed by atoms with Gasteiger partial charge in [-0.15, -0.1) is 11.3 Å². The van der Waals surface area contributed by atoms with Crippen LogP contribution in [0.2, 0.25) is 0 Å². The Balaban J connectivity index is 1.63. The minimum Gasteiger partial charge on any atom is -0.506 e. The molecule has 9 heteroatoms. The average molecular weight is 484 g/mol. The topological polar surface area (TPSA) is 111 Å². The Bertz CT molecular complexity index is 1200. The number of nitrogens with zero attached hydrogens (tertiary/aromatic N) is 1. The maximum Gasteiger partial charge on any atom is 0.335 e. The summed E-state index contributed by atoms with van der Waals surface area (Å²) in [4.78, 5) is 26.5. The molecule has 0 bridgehead atoms. The monoisotopic (exact) mass is 483 g/mol.